The van der Waals surface area contributed by atoms with E-state index in [-0.39, 0.29) is 40.3 Å². The molecule has 1 amide bonds. The summed E-state index contributed by atoms with van der Waals surface area (Å²) < 4.78 is 11.9. The Balaban J connectivity index is 1.54. The molecule has 2 aromatic carbocycles. The number of anilines is 1. The van der Waals surface area contributed by atoms with Crippen molar-refractivity contribution in [3.63, 3.8) is 0 Å². The van der Waals surface area contributed by atoms with Crippen LogP contribution in [-0.4, -0.2) is 32.6 Å². The second-order valence-corrected chi connectivity index (χ2v) is 8.50. The number of fused-ring (bicyclic) bond motifs is 3. The van der Waals surface area contributed by atoms with Gasteiger partial charge in [0.1, 0.15) is 28.2 Å². The number of pyridine rings is 2. The Labute approximate surface area is 213 Å². The number of non-ortho nitro benzene ring substituents is 1. The number of rotatable bonds is 6. The fourth-order valence-corrected chi connectivity index (χ4v) is 4.39. The number of nitro groups is 1. The van der Waals surface area contributed by atoms with E-state index in [0.717, 1.165) is 0 Å². The molecule has 37 heavy (non-hydrogen) atoms. The average molecular weight is 520 g/mol. The summed E-state index contributed by atoms with van der Waals surface area (Å²) in [7, 11) is 1.39. The first-order chi connectivity index (χ1) is 17.8. The fourth-order valence-electron chi connectivity index (χ4n) is 4.13. The molecule has 0 aliphatic carbocycles. The van der Waals surface area contributed by atoms with Crippen molar-refractivity contribution in [2.45, 2.75) is 13.3 Å². The summed E-state index contributed by atoms with van der Waals surface area (Å²) in [6.45, 7) is 1.64. The quantitative estimate of drug-likeness (QED) is 0.253. The number of ether oxygens (including phenoxy) is 1. The van der Waals surface area contributed by atoms with Gasteiger partial charge in [-0.1, -0.05) is 28.9 Å². The van der Waals surface area contributed by atoms with Crippen molar-refractivity contribution < 1.29 is 19.0 Å². The van der Waals surface area contributed by atoms with Gasteiger partial charge in [-0.3, -0.25) is 24.3 Å². The van der Waals surface area contributed by atoms with Gasteiger partial charge in [0.2, 0.25) is 5.91 Å². The van der Waals surface area contributed by atoms with Crippen LogP contribution in [-0.2, 0) is 11.2 Å². The zero-order chi connectivity index (χ0) is 26.3. The lowest BCUT2D eigenvalue weighted by Gasteiger charge is -2.13. The molecule has 186 valence electrons. The van der Waals surface area contributed by atoms with Crippen LogP contribution in [0.15, 0.2) is 63.9 Å². The van der Waals surface area contributed by atoms with Crippen molar-refractivity contribution in [3.8, 4) is 11.6 Å². The molecule has 0 spiro atoms. The minimum Gasteiger partial charge on any atom is -0.495 e. The minimum absolute atomic E-state index is 0.156. The Morgan fingerprint density at radius 1 is 1.19 bits per heavy atom. The molecule has 3 heterocycles. The van der Waals surface area contributed by atoms with E-state index in [9.17, 15) is 19.7 Å². The van der Waals surface area contributed by atoms with Gasteiger partial charge < -0.3 is 14.6 Å². The lowest BCUT2D eigenvalue weighted by molar-refractivity contribution is -0.384. The summed E-state index contributed by atoms with van der Waals surface area (Å²) in [6.07, 6.45) is -0.165. The number of hydrogen-bond acceptors (Lipinski definition) is 8. The number of methoxy groups -OCH3 is 1. The second-order valence-electron chi connectivity index (χ2n) is 8.09. The van der Waals surface area contributed by atoms with Gasteiger partial charge in [0.15, 0.2) is 0 Å². The lowest BCUT2D eigenvalue weighted by Crippen LogP contribution is -2.21. The summed E-state index contributed by atoms with van der Waals surface area (Å²) in [5.41, 5.74) is 0.778. The number of halogens is 1. The van der Waals surface area contributed by atoms with Crippen LogP contribution >= 0.6 is 11.6 Å². The SMILES string of the molecule is COc1ccc([N+](=O)[O-])cc1NC(=O)Cc1cccc(-n2c(=O)c3c(C)onc3c3c(Cl)cccc32)n1. The third-order valence-corrected chi connectivity index (χ3v) is 6.09. The third-order valence-electron chi connectivity index (χ3n) is 5.78. The average Bonchev–Trinajstić information content (AvgIpc) is 3.26. The predicted octanol–water partition coefficient (Wildman–Crippen LogP) is 4.59. The molecule has 1 N–H and O–H groups in total. The Hall–Kier alpha value is -4.77. The summed E-state index contributed by atoms with van der Waals surface area (Å²) >= 11 is 6.47. The first-order valence-electron chi connectivity index (χ1n) is 11.0. The van der Waals surface area contributed by atoms with Crippen molar-refractivity contribution in [2.24, 2.45) is 0 Å². The van der Waals surface area contributed by atoms with E-state index in [4.69, 9.17) is 20.9 Å². The fraction of sp³-hybridized carbons (Fsp3) is 0.120. The highest BCUT2D eigenvalue weighted by Crippen LogP contribution is 2.31. The molecule has 0 radical (unpaired) electrons. The topological polar surface area (TPSA) is 142 Å². The molecule has 0 bridgehead atoms. The second kappa shape index (κ2) is 9.36. The number of nitrogens with one attached hydrogen (secondary N) is 1. The van der Waals surface area contributed by atoms with Gasteiger partial charge >= 0.3 is 0 Å². The van der Waals surface area contributed by atoms with Crippen LogP contribution in [0.2, 0.25) is 5.02 Å². The van der Waals surface area contributed by atoms with Crippen molar-refractivity contribution in [3.05, 3.63) is 91.5 Å². The molecule has 3 aromatic heterocycles. The largest absolute Gasteiger partial charge is 0.495 e. The van der Waals surface area contributed by atoms with Crippen molar-refractivity contribution in [1.82, 2.24) is 14.7 Å². The predicted molar refractivity (Wildman–Crippen MR) is 137 cm³/mol. The van der Waals surface area contributed by atoms with Crippen LogP contribution in [0.3, 0.4) is 0 Å². The number of carbonyl (C=O) groups is 1. The molecule has 11 nitrogen and oxygen atoms in total. The zero-order valence-electron chi connectivity index (χ0n) is 19.5. The van der Waals surface area contributed by atoms with Gasteiger partial charge in [-0.05, 0) is 37.3 Å². The first kappa shape index (κ1) is 23.9. The maximum atomic E-state index is 13.5. The molecular formula is C25H18ClN5O6. The van der Waals surface area contributed by atoms with Crippen molar-refractivity contribution >= 4 is 50.7 Å². The number of aromatic nitrogens is 3. The molecule has 0 fully saturated rings. The maximum Gasteiger partial charge on any atom is 0.271 e. The molecule has 5 aromatic rings. The number of amides is 1. The van der Waals surface area contributed by atoms with E-state index in [1.165, 1.54) is 29.9 Å². The first-order valence-corrected chi connectivity index (χ1v) is 11.3. The zero-order valence-corrected chi connectivity index (χ0v) is 20.3. The Bertz CT molecular complexity index is 1780. The number of hydrogen-bond donors (Lipinski definition) is 1. The summed E-state index contributed by atoms with van der Waals surface area (Å²) in [5.74, 6) is 0.414. The normalized spacial score (nSPS) is 11.1. The van der Waals surface area contributed by atoms with E-state index in [1.807, 2.05) is 0 Å². The highest BCUT2D eigenvalue weighted by Gasteiger charge is 2.21. The van der Waals surface area contributed by atoms with Crippen molar-refractivity contribution in [1.29, 1.82) is 0 Å². The van der Waals surface area contributed by atoms with E-state index < -0.39 is 10.8 Å². The Morgan fingerprint density at radius 3 is 2.73 bits per heavy atom. The van der Waals surface area contributed by atoms with Crippen LogP contribution in [0.5, 0.6) is 5.75 Å². The Morgan fingerprint density at radius 2 is 1.97 bits per heavy atom. The minimum atomic E-state index is -0.567. The van der Waals surface area contributed by atoms with Gasteiger partial charge in [-0.25, -0.2) is 4.98 Å². The van der Waals surface area contributed by atoms with E-state index >= 15 is 0 Å². The van der Waals surface area contributed by atoms with Crippen LogP contribution in [0, 0.1) is 17.0 Å². The van der Waals surface area contributed by atoms with E-state index in [0.29, 0.717) is 32.9 Å². The molecule has 12 heteroatoms. The number of benzene rings is 2. The molecular weight excluding hydrogens is 502 g/mol. The van der Waals surface area contributed by atoms with E-state index in [2.05, 4.69) is 15.5 Å². The molecule has 0 saturated heterocycles. The molecule has 0 aliphatic rings. The number of nitro benzene ring substituents is 1. The summed E-state index contributed by atoms with van der Waals surface area (Å²) in [4.78, 5) is 41.4. The third kappa shape index (κ3) is 4.25. The number of aryl methyl sites for hydroxylation is 1. The standard InChI is InChI=1S/C25H18ClN5O6/c1-13-22-24(29-37-13)23-16(26)6-4-7-18(23)30(25(22)33)20-8-3-5-14(27-20)11-21(32)28-17-12-15(31(34)35)9-10-19(17)36-2/h3-10,12H,11H2,1-2H3,(H,28,32). The Kier molecular flexibility index (Phi) is 6.06. The van der Waals surface area contributed by atoms with Gasteiger partial charge in [0.25, 0.3) is 11.2 Å². The van der Waals surface area contributed by atoms with E-state index in [1.54, 1.807) is 43.3 Å². The van der Waals surface area contributed by atoms with Crippen LogP contribution in [0.4, 0.5) is 11.4 Å². The number of carbonyl (C=O) groups excluding carboxylic acids is 1. The van der Waals surface area contributed by atoms with Gasteiger partial charge in [0, 0.05) is 17.5 Å². The molecule has 0 atom stereocenters. The maximum absolute atomic E-state index is 13.5. The lowest BCUT2D eigenvalue weighted by atomic mass is 10.1. The highest BCUT2D eigenvalue weighted by molar-refractivity contribution is 6.37. The number of nitrogens with zero attached hydrogens (tertiary/aromatic N) is 4. The summed E-state index contributed by atoms with van der Waals surface area (Å²) in [5, 5.41) is 19.0. The molecule has 0 saturated carbocycles. The monoisotopic (exact) mass is 519 g/mol. The van der Waals surface area contributed by atoms with Crippen LogP contribution in [0.25, 0.3) is 27.6 Å². The molecule has 5 rings (SSSR count). The molecule has 0 aliphatic heterocycles. The molecule has 0 unspecified atom stereocenters. The van der Waals surface area contributed by atoms with Gasteiger partial charge in [-0.15, -0.1) is 0 Å². The summed E-state index contributed by atoms with van der Waals surface area (Å²) in [6, 6.07) is 14.0. The van der Waals surface area contributed by atoms with Gasteiger partial charge in [-0.2, -0.15) is 0 Å². The smallest absolute Gasteiger partial charge is 0.271 e. The highest BCUT2D eigenvalue weighted by atomic mass is 35.5. The van der Waals surface area contributed by atoms with Crippen molar-refractivity contribution in [2.75, 3.05) is 12.4 Å². The van der Waals surface area contributed by atoms with Crippen LogP contribution < -0.4 is 15.6 Å². The van der Waals surface area contributed by atoms with Gasteiger partial charge in [0.05, 0.1) is 40.4 Å². The van der Waals surface area contributed by atoms with Crippen LogP contribution in [0.1, 0.15) is 11.5 Å².